The summed E-state index contributed by atoms with van der Waals surface area (Å²) in [6, 6.07) is 6.09. The molecule has 2 aromatic heterocycles. The van der Waals surface area contributed by atoms with Crippen LogP contribution in [-0.2, 0) is 13.2 Å². The van der Waals surface area contributed by atoms with Gasteiger partial charge in [-0.15, -0.1) is 11.3 Å². The molecule has 0 saturated heterocycles. The molecule has 0 fully saturated rings. The van der Waals surface area contributed by atoms with E-state index in [2.05, 4.69) is 43.3 Å². The molecule has 1 aromatic carbocycles. The van der Waals surface area contributed by atoms with Crippen molar-refractivity contribution in [3.8, 4) is 5.75 Å². The Morgan fingerprint density at radius 3 is 2.70 bits per heavy atom. The largest absolute Gasteiger partial charge is 0.489 e. The Morgan fingerprint density at radius 2 is 2.00 bits per heavy atom. The number of hydrogen-bond acceptors (Lipinski definition) is 4. The lowest BCUT2D eigenvalue weighted by Gasteiger charge is -2.11. The lowest BCUT2D eigenvalue weighted by molar-refractivity contribution is 0.103. The van der Waals surface area contributed by atoms with Crippen LogP contribution in [0.3, 0.4) is 0 Å². The predicted octanol–water partition coefficient (Wildman–Crippen LogP) is 5.03. The van der Waals surface area contributed by atoms with E-state index in [-0.39, 0.29) is 5.91 Å². The lowest BCUT2D eigenvalue weighted by atomic mass is 10.1. The zero-order valence-electron chi connectivity index (χ0n) is 16.4. The molecular weight excluding hydrogens is 358 g/mol. The van der Waals surface area contributed by atoms with Crippen molar-refractivity contribution >= 4 is 22.9 Å². The van der Waals surface area contributed by atoms with Crippen molar-refractivity contribution < 1.29 is 9.53 Å². The van der Waals surface area contributed by atoms with E-state index in [1.165, 1.54) is 22.5 Å². The van der Waals surface area contributed by atoms with Gasteiger partial charge in [-0.2, -0.15) is 5.10 Å². The normalized spacial score (nSPS) is 10.9. The van der Waals surface area contributed by atoms with Gasteiger partial charge in [0, 0.05) is 12.1 Å². The third-order valence-electron chi connectivity index (χ3n) is 4.69. The number of aryl methyl sites for hydroxylation is 3. The van der Waals surface area contributed by atoms with Crippen LogP contribution >= 0.6 is 11.3 Å². The van der Waals surface area contributed by atoms with Gasteiger partial charge in [0.05, 0.1) is 22.5 Å². The lowest BCUT2D eigenvalue weighted by Crippen LogP contribution is -2.11. The molecule has 0 spiro atoms. The summed E-state index contributed by atoms with van der Waals surface area (Å²) < 4.78 is 7.85. The van der Waals surface area contributed by atoms with Gasteiger partial charge in [0.15, 0.2) is 0 Å². The summed E-state index contributed by atoms with van der Waals surface area (Å²) >= 11 is 1.42. The van der Waals surface area contributed by atoms with E-state index < -0.39 is 0 Å². The van der Waals surface area contributed by atoms with Gasteiger partial charge in [-0.1, -0.05) is 6.07 Å². The van der Waals surface area contributed by atoms with Gasteiger partial charge in [0.1, 0.15) is 12.4 Å². The fourth-order valence-electron chi connectivity index (χ4n) is 2.95. The van der Waals surface area contributed by atoms with Crippen LogP contribution in [0.5, 0.6) is 5.75 Å². The number of hydrogen-bond donors (Lipinski definition) is 1. The molecule has 0 aliphatic heterocycles. The molecule has 1 amide bonds. The summed E-state index contributed by atoms with van der Waals surface area (Å²) in [5, 5.41) is 9.16. The summed E-state index contributed by atoms with van der Waals surface area (Å²) in [7, 11) is 0. The van der Waals surface area contributed by atoms with E-state index >= 15 is 0 Å². The molecule has 5 nitrogen and oxygen atoms in total. The Balaban J connectivity index is 1.66. The molecule has 6 heteroatoms. The Hall–Kier alpha value is -2.60. The molecule has 3 rings (SSSR count). The van der Waals surface area contributed by atoms with Gasteiger partial charge in [0.2, 0.25) is 0 Å². The van der Waals surface area contributed by atoms with E-state index in [1.54, 1.807) is 6.20 Å². The van der Waals surface area contributed by atoms with Gasteiger partial charge >= 0.3 is 0 Å². The summed E-state index contributed by atoms with van der Waals surface area (Å²) in [4.78, 5) is 13.2. The second-order valence-electron chi connectivity index (χ2n) is 6.73. The maximum Gasteiger partial charge on any atom is 0.265 e. The first-order chi connectivity index (χ1) is 12.9. The zero-order valence-corrected chi connectivity index (χ0v) is 17.2. The van der Waals surface area contributed by atoms with Gasteiger partial charge in [-0.05, 0) is 68.8 Å². The molecule has 0 atom stereocenters. The van der Waals surface area contributed by atoms with Crippen molar-refractivity contribution in [2.75, 3.05) is 5.32 Å². The second-order valence-corrected chi connectivity index (χ2v) is 7.64. The minimum absolute atomic E-state index is 0.118. The molecular formula is C21H25N3O2S. The summed E-state index contributed by atoms with van der Waals surface area (Å²) in [6.45, 7) is 11.4. The highest BCUT2D eigenvalue weighted by atomic mass is 32.1. The average Bonchev–Trinajstić information content (AvgIpc) is 3.24. The first-order valence-electron chi connectivity index (χ1n) is 9.00. The van der Waals surface area contributed by atoms with Crippen LogP contribution in [0.2, 0.25) is 0 Å². The van der Waals surface area contributed by atoms with Crippen LogP contribution in [0.4, 0.5) is 5.69 Å². The van der Waals surface area contributed by atoms with Crippen molar-refractivity contribution in [2.24, 2.45) is 0 Å². The topological polar surface area (TPSA) is 56.2 Å². The smallest absolute Gasteiger partial charge is 0.265 e. The minimum Gasteiger partial charge on any atom is -0.489 e. The number of aromatic nitrogens is 2. The summed E-state index contributed by atoms with van der Waals surface area (Å²) in [5.41, 5.74) is 6.25. The molecule has 0 bridgehead atoms. The first-order valence-corrected chi connectivity index (χ1v) is 9.88. The Kier molecular flexibility index (Phi) is 5.65. The highest BCUT2D eigenvalue weighted by Gasteiger charge is 2.13. The van der Waals surface area contributed by atoms with Crippen LogP contribution in [-0.4, -0.2) is 15.7 Å². The molecule has 142 valence electrons. The number of anilines is 1. The maximum atomic E-state index is 12.5. The van der Waals surface area contributed by atoms with E-state index in [1.807, 2.05) is 30.0 Å². The average molecular weight is 384 g/mol. The van der Waals surface area contributed by atoms with Crippen molar-refractivity contribution in [2.45, 2.75) is 47.8 Å². The van der Waals surface area contributed by atoms with Crippen molar-refractivity contribution in [1.82, 2.24) is 9.78 Å². The van der Waals surface area contributed by atoms with Gasteiger partial charge in [0.25, 0.3) is 5.91 Å². The molecule has 0 aliphatic rings. The third kappa shape index (κ3) is 4.22. The molecule has 0 saturated carbocycles. The number of ether oxygens (including phenoxy) is 1. The van der Waals surface area contributed by atoms with E-state index in [0.29, 0.717) is 11.5 Å². The van der Waals surface area contributed by atoms with Crippen LogP contribution in [0.25, 0.3) is 0 Å². The van der Waals surface area contributed by atoms with E-state index in [4.69, 9.17) is 4.74 Å². The highest BCUT2D eigenvalue weighted by Crippen LogP contribution is 2.25. The monoisotopic (exact) mass is 383 g/mol. The van der Waals surface area contributed by atoms with E-state index in [9.17, 15) is 4.79 Å². The second kappa shape index (κ2) is 7.96. The van der Waals surface area contributed by atoms with Crippen LogP contribution in [0, 0.1) is 27.7 Å². The van der Waals surface area contributed by atoms with Crippen molar-refractivity contribution in [1.29, 1.82) is 0 Å². The van der Waals surface area contributed by atoms with Gasteiger partial charge < -0.3 is 10.1 Å². The quantitative estimate of drug-likeness (QED) is 0.649. The number of thiophene rings is 1. The number of carbonyl (C=O) groups is 1. The number of benzene rings is 1. The SMILES string of the molecule is CCn1ncc(NC(=O)c2cc(COc3cc(C)cc(C)c3C)cs2)c1C. The fourth-order valence-corrected chi connectivity index (χ4v) is 3.75. The number of nitrogens with zero attached hydrogens (tertiary/aromatic N) is 2. The highest BCUT2D eigenvalue weighted by molar-refractivity contribution is 7.12. The number of amides is 1. The Morgan fingerprint density at radius 1 is 1.22 bits per heavy atom. The number of rotatable bonds is 6. The van der Waals surface area contributed by atoms with Crippen molar-refractivity contribution in [3.05, 3.63) is 62.6 Å². The first kappa shape index (κ1) is 19.2. The molecule has 0 aliphatic carbocycles. The Labute approximate surface area is 164 Å². The van der Waals surface area contributed by atoms with Crippen molar-refractivity contribution in [3.63, 3.8) is 0 Å². The number of nitrogens with one attached hydrogen (secondary N) is 1. The molecule has 27 heavy (non-hydrogen) atoms. The minimum atomic E-state index is -0.118. The zero-order chi connectivity index (χ0) is 19.6. The molecule has 0 radical (unpaired) electrons. The van der Waals surface area contributed by atoms with Crippen LogP contribution in [0.15, 0.2) is 29.8 Å². The third-order valence-corrected chi connectivity index (χ3v) is 5.66. The maximum absolute atomic E-state index is 12.5. The fraction of sp³-hybridized carbons (Fsp3) is 0.333. The van der Waals surface area contributed by atoms with Crippen LogP contribution in [0.1, 0.15) is 44.5 Å². The standard InChI is InChI=1S/C21H25N3O2S/c1-6-24-16(5)18(10-22-24)23-21(25)20-9-17(12-27-20)11-26-19-8-13(2)7-14(3)15(19)4/h7-10,12H,6,11H2,1-5H3,(H,23,25). The molecule has 2 heterocycles. The molecule has 3 aromatic rings. The van der Waals surface area contributed by atoms with Crippen LogP contribution < -0.4 is 10.1 Å². The summed E-state index contributed by atoms with van der Waals surface area (Å²) in [5.74, 6) is 0.778. The van der Waals surface area contributed by atoms with E-state index in [0.717, 1.165) is 34.8 Å². The van der Waals surface area contributed by atoms with Gasteiger partial charge in [-0.25, -0.2) is 0 Å². The Bertz CT molecular complexity index is 972. The molecule has 1 N–H and O–H groups in total. The predicted molar refractivity (Wildman–Crippen MR) is 110 cm³/mol. The number of carbonyl (C=O) groups excluding carboxylic acids is 1. The molecule has 0 unspecified atom stereocenters. The summed E-state index contributed by atoms with van der Waals surface area (Å²) in [6.07, 6.45) is 1.69. The van der Waals surface area contributed by atoms with Gasteiger partial charge in [-0.3, -0.25) is 9.48 Å².